The average Bonchev–Trinajstić information content (AvgIpc) is 4.04. The summed E-state index contributed by atoms with van der Waals surface area (Å²) < 4.78 is 40.9. The van der Waals surface area contributed by atoms with Crippen LogP contribution in [0.25, 0.3) is 10.8 Å². The van der Waals surface area contributed by atoms with Gasteiger partial charge in [-0.05, 0) is 88.8 Å². The molecule has 3 fully saturated rings. The number of hydrogen-bond acceptors (Lipinski definition) is 9. The summed E-state index contributed by atoms with van der Waals surface area (Å²) in [5.41, 5.74) is -1.48. The molecule has 13 nitrogen and oxygen atoms in total. The van der Waals surface area contributed by atoms with E-state index in [0.29, 0.717) is 38.0 Å². The Labute approximate surface area is 328 Å². The second-order valence-electron chi connectivity index (χ2n) is 16.6. The highest BCUT2D eigenvalue weighted by Crippen LogP contribution is 2.49. The highest BCUT2D eigenvalue weighted by molar-refractivity contribution is 7.91. The van der Waals surface area contributed by atoms with Gasteiger partial charge in [-0.1, -0.05) is 73.5 Å². The Hall–Kier alpha value is -4.98. The number of pyridine rings is 1. The summed E-state index contributed by atoms with van der Waals surface area (Å²) in [7, 11) is -4.13. The summed E-state index contributed by atoms with van der Waals surface area (Å²) in [5, 5.41) is 7.37. The molecule has 56 heavy (non-hydrogen) atoms. The number of benzene rings is 2. The number of aromatic nitrogens is 1. The highest BCUT2D eigenvalue weighted by atomic mass is 32.2. The second kappa shape index (κ2) is 15.5. The number of alkyl carbamates (subject to hydrolysis) is 1. The molecule has 4 aliphatic rings. The van der Waals surface area contributed by atoms with E-state index in [9.17, 15) is 27.6 Å². The number of ether oxygens (including phenoxy) is 2. The van der Waals surface area contributed by atoms with Gasteiger partial charge in [0.1, 0.15) is 29.3 Å². The Kier molecular flexibility index (Phi) is 10.9. The number of hydrogen-bond donors (Lipinski definition) is 3. The number of fused-ring (bicyclic) bond motifs is 3. The summed E-state index contributed by atoms with van der Waals surface area (Å²) in [5.74, 6) is -1.99. The lowest BCUT2D eigenvalue weighted by Gasteiger charge is -2.30. The molecule has 0 radical (unpaired) electrons. The molecule has 298 valence electrons. The summed E-state index contributed by atoms with van der Waals surface area (Å²) in [6.45, 7) is 5.21. The van der Waals surface area contributed by atoms with Crippen LogP contribution in [0.4, 0.5) is 4.79 Å². The normalized spacial score (nSPS) is 26.4. The standard InChI is InChI=1S/C42H51N5O8S/c1-40(2,3)55-39(51)44-33-19-11-6-4-5-10-17-30-26-42(30,38(50)46-56(52,53)41(21-22-41)25-28-14-8-7-9-15-28)45-35(48)34-24-31(27-47(34)37(33)49)54-36-32-18-13-12-16-29(32)20-23-43-36/h7-10,12-18,20,23,30-31,33-34H,4-6,11,19,21-22,24-27H2,1-3H3,(H,44,51)(H,45,48)(H,46,50). The number of carbonyl (C=O) groups is 4. The van der Waals surface area contributed by atoms with Crippen molar-refractivity contribution in [2.24, 2.45) is 5.92 Å². The third kappa shape index (κ3) is 8.54. The van der Waals surface area contributed by atoms with Crippen molar-refractivity contribution >= 4 is 44.6 Å². The molecule has 2 aliphatic heterocycles. The summed E-state index contributed by atoms with van der Waals surface area (Å²) in [4.78, 5) is 62.1. The van der Waals surface area contributed by atoms with Gasteiger partial charge in [0.05, 0.1) is 11.3 Å². The van der Waals surface area contributed by atoms with Crippen LogP contribution >= 0.6 is 0 Å². The molecule has 1 aromatic heterocycles. The van der Waals surface area contributed by atoms with Gasteiger partial charge in [-0.15, -0.1) is 0 Å². The Bertz CT molecular complexity index is 2110. The maximum Gasteiger partial charge on any atom is 0.408 e. The highest BCUT2D eigenvalue weighted by Gasteiger charge is 2.64. The average molecular weight is 786 g/mol. The van der Waals surface area contributed by atoms with Crippen LogP contribution in [0.2, 0.25) is 0 Å². The maximum atomic E-state index is 14.5. The van der Waals surface area contributed by atoms with E-state index in [0.717, 1.165) is 29.2 Å². The zero-order chi connectivity index (χ0) is 39.7. The molecule has 4 amide bonds. The maximum absolute atomic E-state index is 14.5. The minimum atomic E-state index is -4.13. The first-order valence-electron chi connectivity index (χ1n) is 19.6. The number of sulfonamides is 1. The Balaban J connectivity index is 1.17. The molecule has 0 bridgehead atoms. The van der Waals surface area contributed by atoms with Gasteiger partial charge in [0.15, 0.2) is 0 Å². The minimum absolute atomic E-state index is 0.00718. The van der Waals surface area contributed by atoms with E-state index in [1.54, 1.807) is 27.0 Å². The predicted molar refractivity (Wildman–Crippen MR) is 210 cm³/mol. The van der Waals surface area contributed by atoms with E-state index in [1.165, 1.54) is 4.90 Å². The molecule has 5 unspecified atom stereocenters. The van der Waals surface area contributed by atoms with Gasteiger partial charge in [-0.2, -0.15) is 0 Å². The molecule has 2 aromatic carbocycles. The molecule has 3 N–H and O–H groups in total. The molecule has 2 saturated carbocycles. The number of nitrogens with zero attached hydrogens (tertiary/aromatic N) is 2. The van der Waals surface area contributed by atoms with Crippen LogP contribution in [0.3, 0.4) is 0 Å². The zero-order valence-electron chi connectivity index (χ0n) is 32.2. The van der Waals surface area contributed by atoms with E-state index in [4.69, 9.17) is 9.47 Å². The number of allylic oxidation sites excluding steroid dienone is 1. The van der Waals surface area contributed by atoms with Crippen molar-refractivity contribution < 1.29 is 37.1 Å². The van der Waals surface area contributed by atoms with Crippen LogP contribution in [0.15, 0.2) is 79.0 Å². The molecule has 5 atom stereocenters. The van der Waals surface area contributed by atoms with Gasteiger partial charge in [-0.3, -0.25) is 19.1 Å². The summed E-state index contributed by atoms with van der Waals surface area (Å²) in [6, 6.07) is 16.7. The summed E-state index contributed by atoms with van der Waals surface area (Å²) >= 11 is 0. The third-order valence-electron chi connectivity index (χ3n) is 11.2. The number of rotatable bonds is 8. The van der Waals surface area contributed by atoms with Crippen molar-refractivity contribution in [3.63, 3.8) is 0 Å². The summed E-state index contributed by atoms with van der Waals surface area (Å²) in [6.07, 6.45) is 8.62. The smallest absolute Gasteiger partial charge is 0.408 e. The molecule has 1 saturated heterocycles. The first kappa shape index (κ1) is 39.3. The Morgan fingerprint density at radius 3 is 2.50 bits per heavy atom. The lowest BCUT2D eigenvalue weighted by Crippen LogP contribution is -2.59. The number of amides is 4. The Morgan fingerprint density at radius 1 is 1.00 bits per heavy atom. The van der Waals surface area contributed by atoms with Crippen molar-refractivity contribution in [1.82, 2.24) is 25.2 Å². The van der Waals surface area contributed by atoms with Crippen LogP contribution < -0.4 is 20.1 Å². The van der Waals surface area contributed by atoms with Crippen LogP contribution in [0.1, 0.15) is 84.1 Å². The molecular formula is C42H51N5O8S. The monoisotopic (exact) mass is 785 g/mol. The van der Waals surface area contributed by atoms with Gasteiger partial charge in [-0.25, -0.2) is 18.2 Å². The van der Waals surface area contributed by atoms with Crippen LogP contribution in [-0.4, -0.2) is 82.7 Å². The van der Waals surface area contributed by atoms with Crippen molar-refractivity contribution in [3.8, 4) is 5.88 Å². The second-order valence-corrected chi connectivity index (χ2v) is 18.7. The third-order valence-corrected chi connectivity index (χ3v) is 13.4. The van der Waals surface area contributed by atoms with Gasteiger partial charge < -0.3 is 25.0 Å². The Morgan fingerprint density at radius 2 is 1.75 bits per heavy atom. The lowest BCUT2D eigenvalue weighted by molar-refractivity contribution is -0.141. The van der Waals surface area contributed by atoms with Crippen LogP contribution in [-0.2, 0) is 35.6 Å². The van der Waals surface area contributed by atoms with E-state index >= 15 is 0 Å². The fourth-order valence-electron chi connectivity index (χ4n) is 7.93. The van der Waals surface area contributed by atoms with Gasteiger partial charge in [0, 0.05) is 23.9 Å². The van der Waals surface area contributed by atoms with Crippen LogP contribution in [0.5, 0.6) is 5.88 Å². The molecule has 2 aliphatic carbocycles. The first-order valence-corrected chi connectivity index (χ1v) is 21.1. The number of nitrogens with one attached hydrogen (secondary N) is 3. The van der Waals surface area contributed by atoms with Gasteiger partial charge in [0.2, 0.25) is 27.7 Å². The van der Waals surface area contributed by atoms with E-state index < -0.39 is 73.8 Å². The van der Waals surface area contributed by atoms with E-state index in [-0.39, 0.29) is 25.8 Å². The first-order chi connectivity index (χ1) is 26.7. The number of carbonyl (C=O) groups excluding carboxylic acids is 4. The fourth-order valence-corrected chi connectivity index (χ4v) is 9.57. The van der Waals surface area contributed by atoms with Crippen molar-refractivity contribution in [2.45, 2.75) is 119 Å². The van der Waals surface area contributed by atoms with Crippen molar-refractivity contribution in [3.05, 3.63) is 84.6 Å². The van der Waals surface area contributed by atoms with E-state index in [2.05, 4.69) is 20.3 Å². The molecule has 7 rings (SSSR count). The van der Waals surface area contributed by atoms with Crippen molar-refractivity contribution in [1.29, 1.82) is 0 Å². The molecular weight excluding hydrogens is 735 g/mol. The fraction of sp³-hybridized carbons (Fsp3) is 0.500. The van der Waals surface area contributed by atoms with Crippen molar-refractivity contribution in [2.75, 3.05) is 6.54 Å². The van der Waals surface area contributed by atoms with Gasteiger partial charge >= 0.3 is 6.09 Å². The van der Waals surface area contributed by atoms with Gasteiger partial charge in [0.25, 0.3) is 5.91 Å². The molecule has 14 heteroatoms. The molecule has 3 heterocycles. The quantitative estimate of drug-likeness (QED) is 0.263. The lowest BCUT2D eigenvalue weighted by atomic mass is 10.0. The minimum Gasteiger partial charge on any atom is -0.472 e. The molecule has 0 spiro atoms. The largest absolute Gasteiger partial charge is 0.472 e. The topological polar surface area (TPSA) is 173 Å². The SMILES string of the molecule is CC(C)(C)OC(=O)NC1CCCCCC=CC2CC2(C(=O)NS(=O)(=O)C2(Cc3ccccc3)CC2)NC(=O)C2CC(Oc3nccc4ccccc34)CN2C1=O. The van der Waals surface area contributed by atoms with E-state index in [1.807, 2.05) is 72.8 Å². The predicted octanol–water partition coefficient (Wildman–Crippen LogP) is 5.09. The molecule has 3 aromatic rings. The van der Waals surface area contributed by atoms with Crippen LogP contribution in [0, 0.1) is 5.92 Å². The zero-order valence-corrected chi connectivity index (χ0v) is 33.0.